The Balaban J connectivity index is 1.87. The van der Waals surface area contributed by atoms with Crippen LogP contribution in [0, 0.1) is 12.7 Å². The number of halogens is 1. The van der Waals surface area contributed by atoms with Crippen molar-refractivity contribution >= 4 is 11.6 Å². The first-order valence-corrected chi connectivity index (χ1v) is 7.47. The third kappa shape index (κ3) is 5.10. The number of amides is 1. The Hall–Kier alpha value is -2.34. The summed E-state index contributed by atoms with van der Waals surface area (Å²) in [5, 5.41) is 2.71. The van der Waals surface area contributed by atoms with Gasteiger partial charge in [0.1, 0.15) is 5.82 Å². The second-order valence-corrected chi connectivity index (χ2v) is 5.68. The SMILES string of the molecule is Cc1ccc(NC(=O)CN(C)[C@H](C)Cc2cnccn2)cc1F. The van der Waals surface area contributed by atoms with Crippen molar-refractivity contribution in [2.24, 2.45) is 0 Å². The molecule has 1 aromatic heterocycles. The van der Waals surface area contributed by atoms with Gasteiger partial charge in [-0.1, -0.05) is 6.07 Å². The van der Waals surface area contributed by atoms with Gasteiger partial charge in [-0.25, -0.2) is 4.39 Å². The van der Waals surface area contributed by atoms with Crippen molar-refractivity contribution in [1.29, 1.82) is 0 Å². The van der Waals surface area contributed by atoms with Gasteiger partial charge in [0.15, 0.2) is 0 Å². The van der Waals surface area contributed by atoms with Crippen molar-refractivity contribution in [3.8, 4) is 0 Å². The molecule has 0 saturated carbocycles. The number of anilines is 1. The van der Waals surface area contributed by atoms with E-state index in [0.29, 0.717) is 17.7 Å². The molecule has 1 N–H and O–H groups in total. The number of aryl methyl sites for hydroxylation is 1. The number of hydrogen-bond acceptors (Lipinski definition) is 4. The van der Waals surface area contributed by atoms with E-state index in [4.69, 9.17) is 0 Å². The molecule has 1 aromatic carbocycles. The molecular formula is C17H21FN4O. The number of benzene rings is 1. The van der Waals surface area contributed by atoms with E-state index in [1.165, 1.54) is 6.07 Å². The molecule has 0 fully saturated rings. The standard InChI is InChI=1S/C17H21FN4O/c1-12-4-5-14(9-16(12)18)21-17(23)11-22(3)13(2)8-15-10-19-6-7-20-15/h4-7,9-10,13H,8,11H2,1-3H3,(H,21,23)/t13-/m1/s1. The van der Waals surface area contributed by atoms with Crippen LogP contribution in [0.2, 0.25) is 0 Å². The van der Waals surface area contributed by atoms with Crippen LogP contribution in [0.1, 0.15) is 18.2 Å². The maximum atomic E-state index is 13.5. The Kier molecular flexibility index (Phi) is 5.76. The number of nitrogens with zero attached hydrogens (tertiary/aromatic N) is 3. The number of hydrogen-bond donors (Lipinski definition) is 1. The molecule has 0 bridgehead atoms. The number of nitrogens with one attached hydrogen (secondary N) is 1. The monoisotopic (exact) mass is 316 g/mol. The van der Waals surface area contributed by atoms with Crippen LogP contribution in [-0.2, 0) is 11.2 Å². The summed E-state index contributed by atoms with van der Waals surface area (Å²) >= 11 is 0. The van der Waals surface area contributed by atoms with E-state index < -0.39 is 0 Å². The second-order valence-electron chi connectivity index (χ2n) is 5.68. The molecule has 5 nitrogen and oxygen atoms in total. The summed E-state index contributed by atoms with van der Waals surface area (Å²) < 4.78 is 13.5. The molecular weight excluding hydrogens is 295 g/mol. The topological polar surface area (TPSA) is 58.1 Å². The van der Waals surface area contributed by atoms with Crippen molar-refractivity contribution < 1.29 is 9.18 Å². The fourth-order valence-electron chi connectivity index (χ4n) is 2.15. The van der Waals surface area contributed by atoms with E-state index in [9.17, 15) is 9.18 Å². The highest BCUT2D eigenvalue weighted by Crippen LogP contribution is 2.13. The quantitative estimate of drug-likeness (QED) is 0.889. The minimum atomic E-state index is -0.327. The molecule has 6 heteroatoms. The van der Waals surface area contributed by atoms with Gasteiger partial charge < -0.3 is 5.32 Å². The zero-order chi connectivity index (χ0) is 16.8. The van der Waals surface area contributed by atoms with E-state index >= 15 is 0 Å². The van der Waals surface area contributed by atoms with Gasteiger partial charge in [0.25, 0.3) is 0 Å². The Morgan fingerprint density at radius 2 is 2.17 bits per heavy atom. The van der Waals surface area contributed by atoms with Crippen LogP contribution >= 0.6 is 0 Å². The smallest absolute Gasteiger partial charge is 0.238 e. The molecule has 0 spiro atoms. The normalized spacial score (nSPS) is 12.2. The average Bonchev–Trinajstić information content (AvgIpc) is 2.51. The molecule has 0 unspecified atom stereocenters. The third-order valence-electron chi connectivity index (χ3n) is 3.72. The Morgan fingerprint density at radius 3 is 2.83 bits per heavy atom. The van der Waals surface area contributed by atoms with Gasteiger partial charge in [-0.15, -0.1) is 0 Å². The summed E-state index contributed by atoms with van der Waals surface area (Å²) in [6.45, 7) is 3.92. The van der Waals surface area contributed by atoms with Crippen LogP contribution in [0.5, 0.6) is 0 Å². The predicted molar refractivity (Wildman–Crippen MR) is 87.6 cm³/mol. The summed E-state index contributed by atoms with van der Waals surface area (Å²) in [4.78, 5) is 22.3. The third-order valence-corrected chi connectivity index (χ3v) is 3.72. The molecule has 122 valence electrons. The van der Waals surface area contributed by atoms with Gasteiger partial charge in [0.2, 0.25) is 5.91 Å². The van der Waals surface area contributed by atoms with Gasteiger partial charge in [-0.2, -0.15) is 0 Å². The molecule has 23 heavy (non-hydrogen) atoms. The second kappa shape index (κ2) is 7.78. The van der Waals surface area contributed by atoms with Gasteiger partial charge in [0, 0.05) is 36.7 Å². The zero-order valence-electron chi connectivity index (χ0n) is 13.6. The lowest BCUT2D eigenvalue weighted by atomic mass is 10.1. The lowest BCUT2D eigenvalue weighted by Gasteiger charge is -2.23. The highest BCUT2D eigenvalue weighted by molar-refractivity contribution is 5.92. The summed E-state index contributed by atoms with van der Waals surface area (Å²) in [6.07, 6.45) is 5.71. The molecule has 1 heterocycles. The van der Waals surface area contributed by atoms with Crippen molar-refractivity contribution in [3.05, 3.63) is 53.9 Å². The van der Waals surface area contributed by atoms with Crippen LogP contribution in [0.15, 0.2) is 36.8 Å². The Bertz CT molecular complexity index is 663. The molecule has 0 saturated heterocycles. The van der Waals surface area contributed by atoms with E-state index in [1.54, 1.807) is 37.6 Å². The maximum absolute atomic E-state index is 13.5. The van der Waals surface area contributed by atoms with E-state index in [0.717, 1.165) is 5.69 Å². The molecule has 2 aromatic rings. The average molecular weight is 316 g/mol. The van der Waals surface area contributed by atoms with E-state index in [1.807, 2.05) is 18.9 Å². The first-order chi connectivity index (χ1) is 11.0. The number of aromatic nitrogens is 2. The van der Waals surface area contributed by atoms with Gasteiger partial charge >= 0.3 is 0 Å². The highest BCUT2D eigenvalue weighted by atomic mass is 19.1. The molecule has 0 aliphatic rings. The van der Waals surface area contributed by atoms with Crippen LogP contribution < -0.4 is 5.32 Å². The summed E-state index contributed by atoms with van der Waals surface area (Å²) in [5.74, 6) is -0.506. The fraction of sp³-hybridized carbons (Fsp3) is 0.353. The van der Waals surface area contributed by atoms with Crippen LogP contribution in [-0.4, -0.2) is 40.4 Å². The van der Waals surface area contributed by atoms with Crippen LogP contribution in [0.25, 0.3) is 0 Å². The van der Waals surface area contributed by atoms with Crippen molar-refractivity contribution in [2.45, 2.75) is 26.3 Å². The minimum Gasteiger partial charge on any atom is -0.325 e. The minimum absolute atomic E-state index is 0.132. The molecule has 1 amide bonds. The van der Waals surface area contributed by atoms with E-state index in [-0.39, 0.29) is 24.3 Å². The molecule has 0 radical (unpaired) electrons. The number of carbonyl (C=O) groups is 1. The van der Waals surface area contributed by atoms with Crippen molar-refractivity contribution in [3.63, 3.8) is 0 Å². The lowest BCUT2D eigenvalue weighted by Crippen LogP contribution is -2.37. The maximum Gasteiger partial charge on any atom is 0.238 e. The number of likely N-dealkylation sites (N-methyl/N-ethyl adjacent to an activating group) is 1. The molecule has 2 rings (SSSR count). The zero-order valence-corrected chi connectivity index (χ0v) is 13.6. The van der Waals surface area contributed by atoms with Gasteiger partial charge in [-0.05, 0) is 38.6 Å². The summed E-state index contributed by atoms with van der Waals surface area (Å²) in [7, 11) is 1.87. The van der Waals surface area contributed by atoms with Gasteiger partial charge in [0.05, 0.1) is 12.2 Å². The van der Waals surface area contributed by atoms with Crippen LogP contribution in [0.4, 0.5) is 10.1 Å². The predicted octanol–water partition coefficient (Wildman–Crippen LogP) is 2.43. The Labute approximate surface area is 135 Å². The lowest BCUT2D eigenvalue weighted by molar-refractivity contribution is -0.117. The molecule has 1 atom stereocenters. The van der Waals surface area contributed by atoms with Gasteiger partial charge in [-0.3, -0.25) is 19.7 Å². The summed E-state index contributed by atoms with van der Waals surface area (Å²) in [5.41, 5.74) is 1.90. The Morgan fingerprint density at radius 1 is 1.39 bits per heavy atom. The fourth-order valence-corrected chi connectivity index (χ4v) is 2.15. The first kappa shape index (κ1) is 17.0. The molecule has 0 aliphatic carbocycles. The number of rotatable bonds is 6. The first-order valence-electron chi connectivity index (χ1n) is 7.47. The van der Waals surface area contributed by atoms with Crippen molar-refractivity contribution in [2.75, 3.05) is 18.9 Å². The number of carbonyl (C=O) groups excluding carboxylic acids is 1. The van der Waals surface area contributed by atoms with E-state index in [2.05, 4.69) is 15.3 Å². The highest BCUT2D eigenvalue weighted by Gasteiger charge is 2.14. The van der Waals surface area contributed by atoms with Crippen molar-refractivity contribution in [1.82, 2.24) is 14.9 Å². The van der Waals surface area contributed by atoms with Crippen LogP contribution in [0.3, 0.4) is 0 Å². The summed E-state index contributed by atoms with van der Waals surface area (Å²) in [6, 6.07) is 4.80. The molecule has 0 aliphatic heterocycles. The largest absolute Gasteiger partial charge is 0.325 e.